The van der Waals surface area contributed by atoms with Crippen LogP contribution in [0.4, 0.5) is 0 Å². The van der Waals surface area contributed by atoms with E-state index in [9.17, 15) is 57.5 Å². The third-order valence-electron chi connectivity index (χ3n) is 15.4. The number of primary amides is 3. The zero-order chi connectivity index (χ0) is 78.5. The summed E-state index contributed by atoms with van der Waals surface area (Å²) in [6.07, 6.45) is 2.56. The molecule has 0 atom stereocenters. The molecule has 0 unspecified atom stereocenters. The number of ketones is 3. The number of nitrogens with one attached hydrogen (secondary N) is 1. The van der Waals surface area contributed by atoms with Crippen molar-refractivity contribution < 1.29 is 130 Å². The van der Waals surface area contributed by atoms with Crippen LogP contribution < -0.4 is 50.3 Å². The Morgan fingerprint density at radius 3 is 1.18 bits per heavy atom. The predicted molar refractivity (Wildman–Crippen MR) is 395 cm³/mol. The number of aryl methyl sites for hydroxylation is 1. The first-order chi connectivity index (χ1) is 50.0. The first-order valence-corrected chi connectivity index (χ1v) is 33.8. The fourth-order valence-electron chi connectivity index (χ4n) is 10.8. The zero-order valence-corrected chi connectivity index (χ0v) is 63.3. The Morgan fingerprint density at radius 1 is 0.491 bits per heavy atom. The molecule has 1 fully saturated rings. The molecule has 0 spiro atoms. The number of alkyl halides is 1. The number of esters is 4. The Kier molecular flexibility index (Phi) is 33.2. The average Bonchev–Trinajstić information content (AvgIpc) is 1.57. The number of amides is 3. The number of carbonyl (C=O) groups is 12. The molecule has 568 valence electrons. The fraction of sp³-hybridized carbons (Fsp3) is 0.299. The van der Waals surface area contributed by atoms with Gasteiger partial charge in [-0.15, -0.1) is 0 Å². The zero-order valence-electron chi connectivity index (χ0n) is 61.7. The van der Waals surface area contributed by atoms with Gasteiger partial charge in [0.15, 0.2) is 19.8 Å². The van der Waals surface area contributed by atoms with Crippen molar-refractivity contribution in [1.82, 2.24) is 14.1 Å². The number of aromatic carboxylic acids is 1. The van der Waals surface area contributed by atoms with E-state index in [1.807, 2.05) is 16.7 Å². The molecule has 1 aliphatic rings. The van der Waals surface area contributed by atoms with Gasteiger partial charge in [-0.25, -0.2) is 28.8 Å². The summed E-state index contributed by atoms with van der Waals surface area (Å²) in [6, 6.07) is 35.4. The number of nitrogens with two attached hydrogens (primary N) is 3. The molecule has 10 N–H and O–H groups in total. The minimum Gasteiger partial charge on any atom is -0.870 e. The summed E-state index contributed by atoms with van der Waals surface area (Å²) >= 11 is 3.32. The molecule has 108 heavy (non-hydrogen) atoms. The Balaban J connectivity index is 0.000000308. The van der Waals surface area contributed by atoms with Crippen molar-refractivity contribution in [2.45, 2.75) is 105 Å². The Labute approximate surface area is 641 Å². The summed E-state index contributed by atoms with van der Waals surface area (Å²) in [6.45, 7) is 16.8. The van der Waals surface area contributed by atoms with Crippen molar-refractivity contribution >= 4 is 120 Å². The van der Waals surface area contributed by atoms with Crippen LogP contribution in [0, 0.1) is 20.8 Å². The van der Waals surface area contributed by atoms with Gasteiger partial charge < -0.3 is 84.9 Å². The summed E-state index contributed by atoms with van der Waals surface area (Å²) in [7, 11) is 2.69. The molecule has 0 radical (unpaired) electrons. The van der Waals surface area contributed by atoms with E-state index in [0.29, 0.717) is 73.2 Å². The molecule has 0 aliphatic carbocycles. The van der Waals surface area contributed by atoms with Gasteiger partial charge in [0.05, 0.1) is 80.3 Å². The third kappa shape index (κ3) is 24.3. The molecule has 1 aliphatic heterocycles. The standard InChI is InChI=1S/C26H28N2O7.C21H18N2O7.C17H20N2O5.C9H9BrO2.C4H8O.Li.H2O/c1-15-21(23(30)24(27)31)22-18(7-6-8-19(22)34-14-20(29)35-26(2,3)4)28(15)13-16-9-11-17(12-10-16)25(32)33-5;1-11-17(19(26)20(22)27)18-14(3-2-4-15(18)30-10-16(24)25)23(11)9-12-5-7-13(8-6-12)21(28)29;1-9-13(15(21)16(18)22)14-10(19-9)6-5-7-11(14)23-8-12(20)24-17(2,3)4;1-12-9(11)8-4-2-7(6-10)3-5-8;1-2-4-5-3-1;;/h6-12H,13-14H2,1-5H3,(H2,27,31);2-8H,9-10H2,1H3,(H2,22,27)(H,24,25)(H,28,29);5-7,19H,8H2,1-4H3,(H2,18,22);2-5H,6H2,1H3;1-4H2;;1H2/q;;;;;+1;/p-1. The van der Waals surface area contributed by atoms with Crippen molar-refractivity contribution in [1.29, 1.82) is 0 Å². The van der Waals surface area contributed by atoms with Crippen molar-refractivity contribution in [3.8, 4) is 17.2 Å². The van der Waals surface area contributed by atoms with Crippen LogP contribution in [0.5, 0.6) is 17.2 Å². The van der Waals surface area contributed by atoms with E-state index in [0.717, 1.165) is 35.2 Å². The smallest absolute Gasteiger partial charge is 0.870 e. The van der Waals surface area contributed by atoms with Crippen LogP contribution in [-0.4, -0.2) is 159 Å². The van der Waals surface area contributed by atoms with Crippen molar-refractivity contribution in [3.63, 3.8) is 0 Å². The minimum atomic E-state index is -1.19. The number of benzene rings is 6. The van der Waals surface area contributed by atoms with Gasteiger partial charge in [0, 0.05) is 48.7 Å². The van der Waals surface area contributed by atoms with Crippen LogP contribution >= 0.6 is 15.9 Å². The summed E-state index contributed by atoms with van der Waals surface area (Å²) in [5.41, 5.74) is 21.8. The molecule has 4 heterocycles. The van der Waals surface area contributed by atoms with Gasteiger partial charge >= 0.3 is 54.7 Å². The number of halogens is 1. The summed E-state index contributed by atoms with van der Waals surface area (Å²) in [5, 5.41) is 19.9. The topological polar surface area (TPSA) is 453 Å². The second-order valence-corrected chi connectivity index (χ2v) is 26.1. The van der Waals surface area contributed by atoms with Gasteiger partial charge in [-0.05, 0) is 165 Å². The molecule has 29 nitrogen and oxygen atoms in total. The number of aliphatic carboxylic acids is 1. The number of methoxy groups -OCH3 is 2. The number of H-pyrrole nitrogens is 1. The summed E-state index contributed by atoms with van der Waals surface area (Å²) in [4.78, 5) is 144. The number of Topliss-reactive ketones (excluding diaryl/α,β-unsaturated/α-hetero) is 3. The number of aromatic amines is 1. The first kappa shape index (κ1) is 89.0. The first-order valence-electron chi connectivity index (χ1n) is 32.7. The number of nitrogens with zero attached hydrogens (tertiary/aromatic N) is 2. The van der Waals surface area contributed by atoms with E-state index in [2.05, 4.69) is 25.7 Å². The quantitative estimate of drug-likeness (QED) is 0.00951. The number of carboxylic acid groups (broad SMARTS) is 2. The fourth-order valence-corrected chi connectivity index (χ4v) is 11.2. The number of rotatable bonds is 23. The summed E-state index contributed by atoms with van der Waals surface area (Å²) in [5.74, 6) is -9.27. The number of hydrogen-bond donors (Lipinski definition) is 6. The number of carboxylic acids is 2. The van der Waals surface area contributed by atoms with Gasteiger partial charge in [0.25, 0.3) is 35.1 Å². The van der Waals surface area contributed by atoms with Crippen LogP contribution in [0.3, 0.4) is 0 Å². The van der Waals surface area contributed by atoms with Crippen molar-refractivity contribution in [3.05, 3.63) is 195 Å². The normalized spacial score (nSPS) is 11.3. The molecule has 0 bridgehead atoms. The number of ether oxygens (including phenoxy) is 8. The molecular formula is C77H84BrLiN6O23. The van der Waals surface area contributed by atoms with Gasteiger partial charge in [0.2, 0.25) is 0 Å². The molecule has 9 aromatic rings. The van der Waals surface area contributed by atoms with E-state index in [4.69, 9.17) is 60.6 Å². The van der Waals surface area contributed by atoms with Crippen LogP contribution in [0.25, 0.3) is 32.7 Å². The molecule has 6 aromatic carbocycles. The van der Waals surface area contributed by atoms with E-state index in [-0.39, 0.29) is 83.8 Å². The maximum Gasteiger partial charge on any atom is 1.00 e. The molecular weight excluding hydrogens is 1460 g/mol. The number of aromatic nitrogens is 3. The van der Waals surface area contributed by atoms with E-state index in [1.54, 1.807) is 164 Å². The molecule has 1 saturated heterocycles. The average molecular weight is 1550 g/mol. The Bertz CT molecular complexity index is 4770. The van der Waals surface area contributed by atoms with Crippen molar-refractivity contribution in [2.24, 2.45) is 17.2 Å². The van der Waals surface area contributed by atoms with E-state index in [1.165, 1.54) is 45.3 Å². The minimum absolute atomic E-state index is 0. The summed E-state index contributed by atoms with van der Waals surface area (Å²) < 4.78 is 44.9. The molecule has 0 saturated carbocycles. The Hall–Kier alpha value is -11.4. The monoisotopic (exact) mass is 1550 g/mol. The second-order valence-electron chi connectivity index (χ2n) is 25.5. The van der Waals surface area contributed by atoms with Crippen LogP contribution in [0.2, 0.25) is 0 Å². The SMILES string of the molecule is C1CCOC1.COC(=O)c1ccc(CBr)cc1.COC(=O)c1ccc(Cn2c(C)c(C(=O)C(N)=O)c3c(OCC(=O)OC(C)(C)C)cccc32)cc1.Cc1[nH]c2cccc(OCC(=O)OC(C)(C)C)c2c1C(=O)C(N)=O.Cc1c(C(=O)C(N)=O)c2c(OCC(=O)O)cccc2n1Cc1ccc(C(=O)O)cc1.[Li+].[OH-]. The molecule has 10 rings (SSSR count). The molecule has 3 amide bonds. The predicted octanol–water partition coefficient (Wildman–Crippen LogP) is 6.86. The van der Waals surface area contributed by atoms with Crippen LogP contribution in [0.1, 0.15) is 150 Å². The van der Waals surface area contributed by atoms with Gasteiger partial charge in [-0.3, -0.25) is 28.8 Å². The van der Waals surface area contributed by atoms with E-state index < -0.39 is 82.7 Å². The van der Waals surface area contributed by atoms with Crippen LogP contribution in [0.15, 0.2) is 127 Å². The second kappa shape index (κ2) is 40.3. The van der Waals surface area contributed by atoms with E-state index >= 15 is 0 Å². The van der Waals surface area contributed by atoms with Crippen LogP contribution in [-0.2, 0) is 70.9 Å². The van der Waals surface area contributed by atoms with Gasteiger partial charge in [0.1, 0.15) is 28.5 Å². The third-order valence-corrected chi connectivity index (χ3v) is 16.1. The van der Waals surface area contributed by atoms with Gasteiger partial charge in [-0.2, -0.15) is 0 Å². The van der Waals surface area contributed by atoms with Crippen molar-refractivity contribution in [2.75, 3.05) is 47.3 Å². The number of carbonyl (C=O) groups excluding carboxylic acids is 10. The Morgan fingerprint density at radius 2 is 0.843 bits per heavy atom. The largest absolute Gasteiger partial charge is 1.00 e. The van der Waals surface area contributed by atoms with Gasteiger partial charge in [-0.1, -0.05) is 70.5 Å². The maximum atomic E-state index is 12.8. The number of fused-ring (bicyclic) bond motifs is 3. The molecule has 3 aromatic heterocycles. The molecule has 31 heteroatoms. The maximum absolute atomic E-state index is 12.8. The number of hydrogen-bond acceptors (Lipinski definition) is 21.